The summed E-state index contributed by atoms with van der Waals surface area (Å²) in [5, 5.41) is 8.00. The molecule has 3 rings (SSSR count). The molecule has 0 spiro atoms. The Morgan fingerprint density at radius 2 is 1.85 bits per heavy atom. The minimum atomic E-state index is -3.45. The molecule has 8 heteroatoms. The van der Waals surface area contributed by atoms with Gasteiger partial charge in [-0.2, -0.15) is 4.31 Å². The van der Waals surface area contributed by atoms with Crippen LogP contribution in [0.3, 0.4) is 0 Å². The first-order valence-corrected chi connectivity index (χ1v) is 11.5. The molecule has 1 aliphatic rings. The molecule has 1 aromatic carbocycles. The number of sulfonamides is 1. The first-order valence-electron chi connectivity index (χ1n) is 9.13. The molecule has 1 saturated heterocycles. The second-order valence-electron chi connectivity index (χ2n) is 6.66. The number of hydrogen-bond acceptors (Lipinski definition) is 5. The highest BCUT2D eigenvalue weighted by atomic mass is 32.2. The lowest BCUT2D eigenvalue weighted by Crippen LogP contribution is -2.37. The number of nitrogens with one attached hydrogen (secondary N) is 2. The zero-order chi connectivity index (χ0) is 19.3. The summed E-state index contributed by atoms with van der Waals surface area (Å²) < 4.78 is 26.9. The largest absolute Gasteiger partial charge is 0.325 e. The summed E-state index contributed by atoms with van der Waals surface area (Å²) in [6.07, 6.45) is 2.89. The van der Waals surface area contributed by atoms with Gasteiger partial charge in [-0.25, -0.2) is 8.42 Å². The highest BCUT2D eigenvalue weighted by molar-refractivity contribution is 7.89. The van der Waals surface area contributed by atoms with E-state index in [0.717, 1.165) is 19.3 Å². The van der Waals surface area contributed by atoms with Crippen LogP contribution in [0.25, 0.3) is 0 Å². The number of thiophene rings is 1. The maximum Gasteiger partial charge on any atom is 0.243 e. The Morgan fingerprint density at radius 3 is 2.48 bits per heavy atom. The average molecular weight is 408 g/mol. The van der Waals surface area contributed by atoms with Crippen molar-refractivity contribution in [1.29, 1.82) is 0 Å². The summed E-state index contributed by atoms with van der Waals surface area (Å²) in [4.78, 5) is 13.7. The molecule has 0 radical (unpaired) electrons. The maximum absolute atomic E-state index is 12.7. The highest BCUT2D eigenvalue weighted by Gasteiger charge is 2.25. The molecule has 0 saturated carbocycles. The topological polar surface area (TPSA) is 78.5 Å². The van der Waals surface area contributed by atoms with Crippen LogP contribution in [0.15, 0.2) is 46.7 Å². The van der Waals surface area contributed by atoms with Crippen LogP contribution < -0.4 is 10.6 Å². The van der Waals surface area contributed by atoms with E-state index in [0.29, 0.717) is 25.3 Å². The minimum absolute atomic E-state index is 0.154. The Labute approximate surface area is 164 Å². The molecule has 1 atom stereocenters. The zero-order valence-corrected chi connectivity index (χ0v) is 17.0. The zero-order valence-electron chi connectivity index (χ0n) is 15.3. The van der Waals surface area contributed by atoms with Crippen molar-refractivity contribution in [2.24, 2.45) is 0 Å². The molecule has 1 fully saturated rings. The molecule has 6 nitrogen and oxygen atoms in total. The van der Waals surface area contributed by atoms with E-state index in [-0.39, 0.29) is 16.8 Å². The van der Waals surface area contributed by atoms with E-state index in [4.69, 9.17) is 0 Å². The van der Waals surface area contributed by atoms with Gasteiger partial charge in [-0.3, -0.25) is 4.79 Å². The van der Waals surface area contributed by atoms with Crippen molar-refractivity contribution >= 4 is 33.0 Å². The Balaban J connectivity index is 1.57. The number of nitrogens with zero attached hydrogens (tertiary/aromatic N) is 1. The van der Waals surface area contributed by atoms with E-state index >= 15 is 0 Å². The number of benzene rings is 1. The fourth-order valence-corrected chi connectivity index (χ4v) is 5.15. The minimum Gasteiger partial charge on any atom is -0.325 e. The van der Waals surface area contributed by atoms with Gasteiger partial charge < -0.3 is 10.6 Å². The van der Waals surface area contributed by atoms with Crippen molar-refractivity contribution in [2.45, 2.75) is 43.7 Å². The molecule has 0 bridgehead atoms. The number of piperidine rings is 1. The first-order chi connectivity index (χ1) is 13.0. The van der Waals surface area contributed by atoms with Crippen LogP contribution in [0.2, 0.25) is 0 Å². The van der Waals surface area contributed by atoms with Gasteiger partial charge in [0.15, 0.2) is 0 Å². The Kier molecular flexibility index (Phi) is 6.64. The van der Waals surface area contributed by atoms with Crippen LogP contribution in [0.4, 0.5) is 5.69 Å². The third-order valence-corrected chi connectivity index (χ3v) is 7.42. The van der Waals surface area contributed by atoms with Crippen LogP contribution >= 0.6 is 11.3 Å². The average Bonchev–Trinajstić information content (AvgIpc) is 3.21. The van der Waals surface area contributed by atoms with Gasteiger partial charge in [0.1, 0.15) is 0 Å². The monoisotopic (exact) mass is 407 g/mol. The van der Waals surface area contributed by atoms with Gasteiger partial charge in [-0.15, -0.1) is 11.3 Å². The number of hydrogen-bond donors (Lipinski definition) is 2. The second-order valence-corrected chi connectivity index (χ2v) is 9.63. The molecule has 1 amide bonds. The van der Waals surface area contributed by atoms with Crippen LogP contribution in [0, 0.1) is 0 Å². The molecular formula is C19H25N3O3S2. The molecular weight excluding hydrogens is 382 g/mol. The van der Waals surface area contributed by atoms with E-state index < -0.39 is 10.0 Å². The SMILES string of the molecule is C[C@@H](NCc1cccs1)C(=O)Nc1ccc(S(=O)(=O)N2CCCCC2)cc1. The Hall–Kier alpha value is -1.74. The number of rotatable bonds is 7. The van der Waals surface area contributed by atoms with E-state index in [9.17, 15) is 13.2 Å². The second kappa shape index (κ2) is 8.97. The van der Waals surface area contributed by atoms with E-state index in [2.05, 4.69) is 10.6 Å². The van der Waals surface area contributed by atoms with Gasteiger partial charge >= 0.3 is 0 Å². The molecule has 1 aliphatic heterocycles. The summed E-state index contributed by atoms with van der Waals surface area (Å²) in [7, 11) is -3.45. The van der Waals surface area contributed by atoms with Crippen molar-refractivity contribution in [3.8, 4) is 0 Å². The van der Waals surface area contributed by atoms with Gasteiger partial charge in [-0.05, 0) is 55.5 Å². The fourth-order valence-electron chi connectivity index (χ4n) is 2.97. The lowest BCUT2D eigenvalue weighted by molar-refractivity contribution is -0.117. The van der Waals surface area contributed by atoms with Crippen LogP contribution in [0.1, 0.15) is 31.1 Å². The van der Waals surface area contributed by atoms with Crippen LogP contribution in [-0.4, -0.2) is 37.8 Å². The van der Waals surface area contributed by atoms with Crippen molar-refractivity contribution < 1.29 is 13.2 Å². The van der Waals surface area contributed by atoms with Crippen molar-refractivity contribution in [1.82, 2.24) is 9.62 Å². The third-order valence-electron chi connectivity index (χ3n) is 4.63. The van der Waals surface area contributed by atoms with Gasteiger partial charge in [0.05, 0.1) is 10.9 Å². The summed E-state index contributed by atoms with van der Waals surface area (Å²) in [5.74, 6) is -0.154. The molecule has 2 N–H and O–H groups in total. The van der Waals surface area contributed by atoms with Gasteiger partial charge in [-0.1, -0.05) is 12.5 Å². The predicted molar refractivity (Wildman–Crippen MR) is 108 cm³/mol. The third kappa shape index (κ3) is 5.16. The molecule has 1 aromatic heterocycles. The molecule has 27 heavy (non-hydrogen) atoms. The number of carbonyl (C=O) groups is 1. The summed E-state index contributed by atoms with van der Waals surface area (Å²) >= 11 is 1.64. The van der Waals surface area contributed by atoms with Gasteiger partial charge in [0.2, 0.25) is 15.9 Å². The van der Waals surface area contributed by atoms with Crippen molar-refractivity contribution in [3.63, 3.8) is 0 Å². The highest BCUT2D eigenvalue weighted by Crippen LogP contribution is 2.22. The Bertz CT molecular complexity index is 843. The van der Waals surface area contributed by atoms with Crippen molar-refractivity contribution in [2.75, 3.05) is 18.4 Å². The van der Waals surface area contributed by atoms with Crippen LogP contribution in [-0.2, 0) is 21.4 Å². The standard InChI is InChI=1S/C19H25N3O3S2/c1-15(20-14-17-6-5-13-26-17)19(23)21-16-7-9-18(10-8-16)27(24,25)22-11-3-2-4-12-22/h5-10,13,15,20H,2-4,11-12,14H2,1H3,(H,21,23)/t15-/m1/s1. The van der Waals surface area contributed by atoms with E-state index in [1.807, 2.05) is 17.5 Å². The predicted octanol–water partition coefficient (Wildman–Crippen LogP) is 3.04. The molecule has 2 aromatic rings. The fraction of sp³-hybridized carbons (Fsp3) is 0.421. The number of anilines is 1. The molecule has 2 heterocycles. The lowest BCUT2D eigenvalue weighted by Gasteiger charge is -2.25. The summed E-state index contributed by atoms with van der Waals surface area (Å²) in [6, 6.07) is 10.0. The first kappa shape index (κ1) is 20.0. The lowest BCUT2D eigenvalue weighted by atomic mass is 10.2. The summed E-state index contributed by atoms with van der Waals surface area (Å²) in [6.45, 7) is 3.60. The maximum atomic E-state index is 12.7. The van der Waals surface area contributed by atoms with Gasteiger partial charge in [0, 0.05) is 30.2 Å². The quantitative estimate of drug-likeness (QED) is 0.739. The smallest absolute Gasteiger partial charge is 0.243 e. The molecule has 0 aliphatic carbocycles. The molecule has 146 valence electrons. The molecule has 0 unspecified atom stereocenters. The van der Waals surface area contributed by atoms with E-state index in [1.54, 1.807) is 46.8 Å². The number of amides is 1. The Morgan fingerprint density at radius 1 is 1.15 bits per heavy atom. The van der Waals surface area contributed by atoms with E-state index in [1.165, 1.54) is 4.88 Å². The normalized spacial score (nSPS) is 16.8. The van der Waals surface area contributed by atoms with Crippen LogP contribution in [0.5, 0.6) is 0 Å². The van der Waals surface area contributed by atoms with Gasteiger partial charge in [0.25, 0.3) is 0 Å². The van der Waals surface area contributed by atoms with Crippen molar-refractivity contribution in [3.05, 3.63) is 46.7 Å². The summed E-state index contributed by atoms with van der Waals surface area (Å²) in [5.41, 5.74) is 0.586. The number of carbonyl (C=O) groups excluding carboxylic acids is 1.